The van der Waals surface area contributed by atoms with Crippen molar-refractivity contribution < 1.29 is 9.90 Å². The number of rotatable bonds is 7. The molecule has 0 fully saturated rings. The van der Waals surface area contributed by atoms with Gasteiger partial charge < -0.3 is 10.4 Å². The zero-order valence-electron chi connectivity index (χ0n) is 8.68. The minimum atomic E-state index is 0.0535. The molecular formula is C10H21NO2. The standard InChI is InChI=1S/C10H21NO2/c1-9(2)5-3-7-11-10(13)6-4-8-12/h9,12H,3-8H2,1-2H3,(H,11,13). The third kappa shape index (κ3) is 9.34. The first kappa shape index (κ1) is 12.4. The van der Waals surface area contributed by atoms with Gasteiger partial charge in [-0.25, -0.2) is 0 Å². The minimum Gasteiger partial charge on any atom is -0.396 e. The van der Waals surface area contributed by atoms with E-state index in [1.807, 2.05) is 0 Å². The molecule has 0 spiro atoms. The first-order valence-electron chi connectivity index (χ1n) is 5.04. The molecule has 0 saturated heterocycles. The molecule has 0 aromatic heterocycles. The van der Waals surface area contributed by atoms with Crippen molar-refractivity contribution in [2.75, 3.05) is 13.2 Å². The summed E-state index contributed by atoms with van der Waals surface area (Å²) < 4.78 is 0. The van der Waals surface area contributed by atoms with E-state index in [-0.39, 0.29) is 12.5 Å². The van der Waals surface area contributed by atoms with E-state index in [9.17, 15) is 4.79 Å². The Kier molecular flexibility index (Phi) is 7.69. The highest BCUT2D eigenvalue weighted by atomic mass is 16.3. The molecule has 0 aliphatic heterocycles. The van der Waals surface area contributed by atoms with Crippen molar-refractivity contribution in [1.29, 1.82) is 0 Å². The van der Waals surface area contributed by atoms with Crippen LogP contribution in [0.5, 0.6) is 0 Å². The Morgan fingerprint density at radius 3 is 2.62 bits per heavy atom. The van der Waals surface area contributed by atoms with Crippen LogP contribution in [0.1, 0.15) is 39.5 Å². The molecule has 1 amide bonds. The quantitative estimate of drug-likeness (QED) is 0.590. The van der Waals surface area contributed by atoms with Crippen molar-refractivity contribution in [3.8, 4) is 0 Å². The summed E-state index contributed by atoms with van der Waals surface area (Å²) in [6.45, 7) is 5.21. The van der Waals surface area contributed by atoms with Crippen LogP contribution in [0, 0.1) is 5.92 Å². The molecule has 0 aromatic carbocycles. The lowest BCUT2D eigenvalue weighted by Gasteiger charge is -2.06. The Hall–Kier alpha value is -0.570. The highest BCUT2D eigenvalue weighted by molar-refractivity contribution is 5.75. The summed E-state index contributed by atoms with van der Waals surface area (Å²) >= 11 is 0. The highest BCUT2D eigenvalue weighted by Crippen LogP contribution is 2.01. The number of amides is 1. The van der Waals surface area contributed by atoms with Gasteiger partial charge >= 0.3 is 0 Å². The van der Waals surface area contributed by atoms with Crippen molar-refractivity contribution in [2.24, 2.45) is 5.92 Å². The molecule has 0 unspecified atom stereocenters. The predicted molar refractivity (Wildman–Crippen MR) is 53.4 cm³/mol. The lowest BCUT2D eigenvalue weighted by molar-refractivity contribution is -0.121. The molecule has 3 heteroatoms. The molecule has 0 rings (SSSR count). The van der Waals surface area contributed by atoms with Crippen LogP contribution < -0.4 is 5.32 Å². The minimum absolute atomic E-state index is 0.0535. The summed E-state index contributed by atoms with van der Waals surface area (Å²) in [4.78, 5) is 11.0. The van der Waals surface area contributed by atoms with Gasteiger partial charge in [-0.2, -0.15) is 0 Å². The summed E-state index contributed by atoms with van der Waals surface area (Å²) in [7, 11) is 0. The van der Waals surface area contributed by atoms with Gasteiger partial charge in [0.25, 0.3) is 0 Å². The van der Waals surface area contributed by atoms with Gasteiger partial charge in [0.2, 0.25) is 5.91 Å². The second-order valence-electron chi connectivity index (χ2n) is 3.71. The van der Waals surface area contributed by atoms with Gasteiger partial charge in [-0.3, -0.25) is 4.79 Å². The van der Waals surface area contributed by atoms with E-state index in [0.717, 1.165) is 19.4 Å². The van der Waals surface area contributed by atoms with Gasteiger partial charge in [-0.15, -0.1) is 0 Å². The third-order valence-electron chi connectivity index (χ3n) is 1.84. The monoisotopic (exact) mass is 187 g/mol. The lowest BCUT2D eigenvalue weighted by Crippen LogP contribution is -2.24. The number of aliphatic hydroxyl groups excluding tert-OH is 1. The van der Waals surface area contributed by atoms with Crippen molar-refractivity contribution in [3.05, 3.63) is 0 Å². The Labute approximate surface area is 80.5 Å². The van der Waals surface area contributed by atoms with Crippen molar-refractivity contribution in [2.45, 2.75) is 39.5 Å². The molecule has 0 saturated carbocycles. The Morgan fingerprint density at radius 2 is 2.08 bits per heavy atom. The molecular weight excluding hydrogens is 166 g/mol. The van der Waals surface area contributed by atoms with Crippen LogP contribution in [0.2, 0.25) is 0 Å². The number of carbonyl (C=O) groups excluding carboxylic acids is 1. The van der Waals surface area contributed by atoms with Gasteiger partial charge in [0, 0.05) is 19.6 Å². The summed E-state index contributed by atoms with van der Waals surface area (Å²) in [6, 6.07) is 0. The zero-order valence-corrected chi connectivity index (χ0v) is 8.68. The maximum Gasteiger partial charge on any atom is 0.220 e. The van der Waals surface area contributed by atoms with E-state index in [1.165, 1.54) is 0 Å². The number of carbonyl (C=O) groups is 1. The number of nitrogens with one attached hydrogen (secondary N) is 1. The highest BCUT2D eigenvalue weighted by Gasteiger charge is 1.99. The first-order chi connectivity index (χ1) is 6.16. The van der Waals surface area contributed by atoms with Gasteiger partial charge in [-0.1, -0.05) is 13.8 Å². The molecule has 3 nitrogen and oxygen atoms in total. The smallest absolute Gasteiger partial charge is 0.220 e. The fourth-order valence-electron chi connectivity index (χ4n) is 1.07. The summed E-state index contributed by atoms with van der Waals surface area (Å²) in [5.74, 6) is 0.757. The third-order valence-corrected chi connectivity index (χ3v) is 1.84. The van der Waals surface area contributed by atoms with Crippen LogP contribution >= 0.6 is 0 Å². The van der Waals surface area contributed by atoms with Crippen LogP contribution in [0.25, 0.3) is 0 Å². The molecule has 0 aliphatic carbocycles. The molecule has 0 aliphatic rings. The van der Waals surface area contributed by atoms with Gasteiger partial charge in [0.15, 0.2) is 0 Å². The fraction of sp³-hybridized carbons (Fsp3) is 0.900. The van der Waals surface area contributed by atoms with Crippen LogP contribution in [0.4, 0.5) is 0 Å². The topological polar surface area (TPSA) is 49.3 Å². The van der Waals surface area contributed by atoms with Crippen molar-refractivity contribution >= 4 is 5.91 Å². The first-order valence-corrected chi connectivity index (χ1v) is 5.04. The lowest BCUT2D eigenvalue weighted by atomic mass is 10.1. The molecule has 0 atom stereocenters. The number of hydrogen-bond donors (Lipinski definition) is 2. The van der Waals surface area contributed by atoms with Crippen LogP contribution in [-0.2, 0) is 4.79 Å². The summed E-state index contributed by atoms with van der Waals surface area (Å²) in [5, 5.41) is 11.3. The van der Waals surface area contributed by atoms with Crippen LogP contribution in [0.3, 0.4) is 0 Å². The zero-order chi connectivity index (χ0) is 10.1. The second kappa shape index (κ2) is 8.05. The molecule has 0 aromatic rings. The predicted octanol–water partition coefficient (Wildman–Crippen LogP) is 1.31. The van der Waals surface area contributed by atoms with Crippen LogP contribution in [0.15, 0.2) is 0 Å². The van der Waals surface area contributed by atoms with Crippen molar-refractivity contribution in [1.82, 2.24) is 5.32 Å². The summed E-state index contributed by atoms with van der Waals surface area (Å²) in [5.41, 5.74) is 0. The largest absolute Gasteiger partial charge is 0.396 e. The molecule has 0 bridgehead atoms. The van der Waals surface area contributed by atoms with E-state index in [4.69, 9.17) is 5.11 Å². The molecule has 13 heavy (non-hydrogen) atoms. The van der Waals surface area contributed by atoms with E-state index in [1.54, 1.807) is 0 Å². The van der Waals surface area contributed by atoms with E-state index >= 15 is 0 Å². The molecule has 2 N–H and O–H groups in total. The Morgan fingerprint density at radius 1 is 1.38 bits per heavy atom. The molecule has 78 valence electrons. The normalized spacial score (nSPS) is 10.5. The SMILES string of the molecule is CC(C)CCCNC(=O)CCCO. The maximum atomic E-state index is 11.0. The van der Waals surface area contributed by atoms with Gasteiger partial charge in [0.1, 0.15) is 0 Å². The van der Waals surface area contributed by atoms with E-state index < -0.39 is 0 Å². The van der Waals surface area contributed by atoms with Crippen LogP contribution in [-0.4, -0.2) is 24.2 Å². The maximum absolute atomic E-state index is 11.0. The Balaban J connectivity index is 3.17. The fourth-order valence-corrected chi connectivity index (χ4v) is 1.07. The summed E-state index contributed by atoms with van der Waals surface area (Å²) in [6.07, 6.45) is 3.21. The average Bonchev–Trinajstić information content (AvgIpc) is 2.08. The Bertz CT molecular complexity index is 135. The van der Waals surface area contributed by atoms with E-state index in [2.05, 4.69) is 19.2 Å². The molecule has 0 radical (unpaired) electrons. The van der Waals surface area contributed by atoms with E-state index in [0.29, 0.717) is 18.8 Å². The molecule has 0 heterocycles. The average molecular weight is 187 g/mol. The van der Waals surface area contributed by atoms with Gasteiger partial charge in [-0.05, 0) is 25.2 Å². The number of aliphatic hydroxyl groups is 1. The van der Waals surface area contributed by atoms with Crippen molar-refractivity contribution in [3.63, 3.8) is 0 Å². The second-order valence-corrected chi connectivity index (χ2v) is 3.71. The number of hydrogen-bond acceptors (Lipinski definition) is 2. The van der Waals surface area contributed by atoms with Gasteiger partial charge in [0.05, 0.1) is 0 Å².